The minimum atomic E-state index is -0.0590. The third-order valence-electron chi connectivity index (χ3n) is 4.48. The van der Waals surface area contributed by atoms with Crippen molar-refractivity contribution in [3.8, 4) is 0 Å². The molecule has 2 heteroatoms. The van der Waals surface area contributed by atoms with Gasteiger partial charge in [0.05, 0.1) is 0 Å². The van der Waals surface area contributed by atoms with Crippen LogP contribution in [0.1, 0.15) is 65.7 Å². The predicted molar refractivity (Wildman–Crippen MR) is 77.7 cm³/mol. The van der Waals surface area contributed by atoms with Gasteiger partial charge < -0.3 is 9.69 Å². The first kappa shape index (κ1) is 15.7. The average Bonchev–Trinajstić information content (AvgIpc) is 2.54. The Balaban J connectivity index is 2.57. The molecule has 1 saturated carbocycles. The van der Waals surface area contributed by atoms with Crippen LogP contribution in [-0.2, 0) is 4.79 Å². The standard InChI is InChI=1S/C16H31NO/c1-14(2)11-15(3)17(4)12-16(13-18)9-7-5-6-8-10-16/h13-15H,5-12H2,1-4H3. The van der Waals surface area contributed by atoms with Gasteiger partial charge in [0.15, 0.2) is 0 Å². The van der Waals surface area contributed by atoms with Crippen LogP contribution in [0.25, 0.3) is 0 Å². The van der Waals surface area contributed by atoms with Crippen LogP contribution in [0.4, 0.5) is 0 Å². The molecule has 0 aromatic carbocycles. The van der Waals surface area contributed by atoms with Crippen molar-refractivity contribution in [3.05, 3.63) is 0 Å². The summed E-state index contributed by atoms with van der Waals surface area (Å²) in [4.78, 5) is 14.0. The second kappa shape index (κ2) is 7.28. The maximum Gasteiger partial charge on any atom is 0.127 e. The van der Waals surface area contributed by atoms with Crippen molar-refractivity contribution in [1.29, 1.82) is 0 Å². The molecule has 106 valence electrons. The molecule has 0 aliphatic heterocycles. The van der Waals surface area contributed by atoms with Crippen molar-refractivity contribution in [2.24, 2.45) is 11.3 Å². The molecule has 0 N–H and O–H groups in total. The van der Waals surface area contributed by atoms with E-state index in [1.54, 1.807) is 0 Å². The van der Waals surface area contributed by atoms with Gasteiger partial charge in [0.25, 0.3) is 0 Å². The van der Waals surface area contributed by atoms with Crippen LogP contribution in [0.15, 0.2) is 0 Å². The summed E-state index contributed by atoms with van der Waals surface area (Å²) in [6.07, 6.45) is 9.73. The van der Waals surface area contributed by atoms with Gasteiger partial charge in [0.1, 0.15) is 6.29 Å². The fourth-order valence-corrected chi connectivity index (χ4v) is 3.26. The number of hydrogen-bond donors (Lipinski definition) is 0. The van der Waals surface area contributed by atoms with Gasteiger partial charge in [-0.25, -0.2) is 0 Å². The monoisotopic (exact) mass is 253 g/mol. The van der Waals surface area contributed by atoms with E-state index in [4.69, 9.17) is 0 Å². The lowest BCUT2D eigenvalue weighted by Gasteiger charge is -2.35. The maximum absolute atomic E-state index is 11.6. The highest BCUT2D eigenvalue weighted by atomic mass is 16.1. The predicted octanol–water partition coefficient (Wildman–Crippen LogP) is 3.89. The third-order valence-corrected chi connectivity index (χ3v) is 4.48. The number of hydrogen-bond acceptors (Lipinski definition) is 2. The Morgan fingerprint density at radius 2 is 1.67 bits per heavy atom. The summed E-state index contributed by atoms with van der Waals surface area (Å²) < 4.78 is 0. The SMILES string of the molecule is CC(C)CC(C)N(C)CC1(C=O)CCCCCC1. The molecule has 0 aromatic rings. The first-order valence-corrected chi connectivity index (χ1v) is 7.66. The molecule has 0 bridgehead atoms. The molecular weight excluding hydrogens is 222 g/mol. The van der Waals surface area contributed by atoms with Crippen molar-refractivity contribution in [2.45, 2.75) is 71.8 Å². The van der Waals surface area contributed by atoms with E-state index in [1.165, 1.54) is 38.4 Å². The number of rotatable bonds is 6. The summed E-state index contributed by atoms with van der Waals surface area (Å²) in [5, 5.41) is 0. The van der Waals surface area contributed by atoms with Crippen LogP contribution >= 0.6 is 0 Å². The Morgan fingerprint density at radius 3 is 2.11 bits per heavy atom. The van der Waals surface area contributed by atoms with E-state index in [0.717, 1.165) is 25.3 Å². The molecule has 2 nitrogen and oxygen atoms in total. The number of aldehydes is 1. The highest BCUT2D eigenvalue weighted by molar-refractivity contribution is 5.59. The molecule has 1 aliphatic rings. The normalized spacial score (nSPS) is 21.9. The molecular formula is C16H31NO. The number of carbonyl (C=O) groups excluding carboxylic acids is 1. The molecule has 1 unspecified atom stereocenters. The lowest BCUT2D eigenvalue weighted by Crippen LogP contribution is -2.41. The Morgan fingerprint density at radius 1 is 1.11 bits per heavy atom. The summed E-state index contributed by atoms with van der Waals surface area (Å²) in [6, 6.07) is 0.574. The van der Waals surface area contributed by atoms with Gasteiger partial charge in [-0.2, -0.15) is 0 Å². The van der Waals surface area contributed by atoms with E-state index in [1.807, 2.05) is 0 Å². The van der Waals surface area contributed by atoms with Gasteiger partial charge in [-0.3, -0.25) is 0 Å². The van der Waals surface area contributed by atoms with Crippen LogP contribution in [0.3, 0.4) is 0 Å². The molecule has 0 spiro atoms. The van der Waals surface area contributed by atoms with Crippen LogP contribution in [-0.4, -0.2) is 30.8 Å². The number of nitrogens with zero attached hydrogens (tertiary/aromatic N) is 1. The molecule has 1 rings (SSSR count). The van der Waals surface area contributed by atoms with Crippen molar-refractivity contribution < 1.29 is 4.79 Å². The minimum Gasteiger partial charge on any atom is -0.303 e. The summed E-state index contributed by atoms with van der Waals surface area (Å²) >= 11 is 0. The molecule has 0 saturated heterocycles. The molecule has 18 heavy (non-hydrogen) atoms. The first-order valence-electron chi connectivity index (χ1n) is 7.66. The Bertz CT molecular complexity index is 241. The first-order chi connectivity index (χ1) is 8.49. The fourth-order valence-electron chi connectivity index (χ4n) is 3.26. The van der Waals surface area contributed by atoms with Crippen LogP contribution in [0, 0.1) is 11.3 Å². The van der Waals surface area contributed by atoms with E-state index in [9.17, 15) is 4.79 Å². The number of carbonyl (C=O) groups is 1. The zero-order valence-electron chi connectivity index (χ0n) is 12.7. The second-order valence-electron chi connectivity index (χ2n) is 6.79. The third kappa shape index (κ3) is 4.72. The Hall–Kier alpha value is -0.370. The summed E-state index contributed by atoms with van der Waals surface area (Å²) in [6.45, 7) is 7.77. The van der Waals surface area contributed by atoms with Crippen molar-refractivity contribution in [1.82, 2.24) is 4.90 Å². The molecule has 0 aromatic heterocycles. The van der Waals surface area contributed by atoms with Crippen LogP contribution in [0.5, 0.6) is 0 Å². The van der Waals surface area contributed by atoms with E-state index in [0.29, 0.717) is 6.04 Å². The average molecular weight is 253 g/mol. The minimum absolute atomic E-state index is 0.0590. The molecule has 0 radical (unpaired) electrons. The quantitative estimate of drug-likeness (QED) is 0.528. The highest BCUT2D eigenvalue weighted by Gasteiger charge is 2.32. The smallest absolute Gasteiger partial charge is 0.127 e. The molecule has 1 fully saturated rings. The van der Waals surface area contributed by atoms with Crippen molar-refractivity contribution >= 4 is 6.29 Å². The topological polar surface area (TPSA) is 20.3 Å². The molecule has 1 aliphatic carbocycles. The highest BCUT2D eigenvalue weighted by Crippen LogP contribution is 2.34. The summed E-state index contributed by atoms with van der Waals surface area (Å²) in [7, 11) is 2.18. The second-order valence-corrected chi connectivity index (χ2v) is 6.79. The van der Waals surface area contributed by atoms with E-state index in [-0.39, 0.29) is 5.41 Å². The Kier molecular flexibility index (Phi) is 6.34. The molecule has 1 atom stereocenters. The van der Waals surface area contributed by atoms with E-state index >= 15 is 0 Å². The van der Waals surface area contributed by atoms with Crippen LogP contribution in [0.2, 0.25) is 0 Å². The van der Waals surface area contributed by atoms with Gasteiger partial charge in [-0.15, -0.1) is 0 Å². The zero-order valence-corrected chi connectivity index (χ0v) is 12.7. The fraction of sp³-hybridized carbons (Fsp3) is 0.938. The summed E-state index contributed by atoms with van der Waals surface area (Å²) in [5.74, 6) is 0.726. The molecule has 0 amide bonds. The van der Waals surface area contributed by atoms with Crippen molar-refractivity contribution in [3.63, 3.8) is 0 Å². The summed E-state index contributed by atoms with van der Waals surface area (Å²) in [5.41, 5.74) is -0.0590. The molecule has 0 heterocycles. The maximum atomic E-state index is 11.6. The van der Waals surface area contributed by atoms with E-state index in [2.05, 4.69) is 32.7 Å². The van der Waals surface area contributed by atoms with Gasteiger partial charge in [-0.05, 0) is 39.2 Å². The largest absolute Gasteiger partial charge is 0.303 e. The van der Waals surface area contributed by atoms with Gasteiger partial charge in [0, 0.05) is 18.0 Å². The van der Waals surface area contributed by atoms with Gasteiger partial charge in [0.2, 0.25) is 0 Å². The van der Waals surface area contributed by atoms with Gasteiger partial charge in [-0.1, -0.05) is 39.5 Å². The lowest BCUT2D eigenvalue weighted by atomic mass is 9.81. The Labute approximate surface area is 113 Å². The van der Waals surface area contributed by atoms with Crippen LogP contribution < -0.4 is 0 Å². The van der Waals surface area contributed by atoms with E-state index < -0.39 is 0 Å². The lowest BCUT2D eigenvalue weighted by molar-refractivity contribution is -0.118. The van der Waals surface area contributed by atoms with Gasteiger partial charge >= 0.3 is 0 Å². The zero-order chi connectivity index (χ0) is 13.6. The van der Waals surface area contributed by atoms with Crippen molar-refractivity contribution in [2.75, 3.05) is 13.6 Å².